The third kappa shape index (κ3) is 4.79. The number of amides is 1. The molecular weight excluding hydrogens is 343 g/mol. The number of nitrogens with zero attached hydrogens (tertiary/aromatic N) is 1. The first kappa shape index (κ1) is 18.3. The van der Waals surface area contributed by atoms with Crippen LogP contribution in [0.2, 0.25) is 0 Å². The lowest BCUT2D eigenvalue weighted by Gasteiger charge is -2.31. The van der Waals surface area contributed by atoms with Gasteiger partial charge in [0.2, 0.25) is 15.9 Å². The number of hydrogen-bond acceptors (Lipinski definition) is 3. The Labute approximate surface area is 148 Å². The van der Waals surface area contributed by atoms with E-state index >= 15 is 0 Å². The number of halogens is 1. The van der Waals surface area contributed by atoms with E-state index in [2.05, 4.69) is 5.32 Å². The van der Waals surface area contributed by atoms with Gasteiger partial charge in [0.05, 0.1) is 0 Å². The van der Waals surface area contributed by atoms with Gasteiger partial charge in [-0.3, -0.25) is 4.79 Å². The molecule has 0 bridgehead atoms. The molecular formula is C18H25FN2O3S. The Morgan fingerprint density at radius 1 is 1.12 bits per heavy atom. The maximum Gasteiger partial charge on any atom is 0.245 e. The number of benzene rings is 1. The van der Waals surface area contributed by atoms with E-state index in [-0.39, 0.29) is 10.8 Å². The fraction of sp³-hybridized carbons (Fsp3) is 0.611. The van der Waals surface area contributed by atoms with Gasteiger partial charge in [-0.25, -0.2) is 12.8 Å². The molecule has 0 radical (unpaired) electrons. The molecule has 1 N–H and O–H groups in total. The lowest BCUT2D eigenvalue weighted by molar-refractivity contribution is -0.121. The Morgan fingerprint density at radius 2 is 1.80 bits per heavy atom. The maximum atomic E-state index is 13.8. The summed E-state index contributed by atoms with van der Waals surface area (Å²) in [4.78, 5) is 11.5. The molecule has 1 aliphatic carbocycles. The molecule has 1 aromatic carbocycles. The standard InChI is InChI=1S/C18H25FN2O3S/c19-16-3-1-2-4-17(16)25(23,24)21-11-9-14(10-12-21)7-8-18(22)20-13-15-5-6-15/h1-4,14-15H,5-13H2,(H,20,22). The van der Waals surface area contributed by atoms with Crippen molar-refractivity contribution in [3.8, 4) is 0 Å². The Balaban J connectivity index is 1.46. The van der Waals surface area contributed by atoms with Crippen molar-refractivity contribution in [2.24, 2.45) is 11.8 Å². The van der Waals surface area contributed by atoms with Gasteiger partial charge < -0.3 is 5.32 Å². The van der Waals surface area contributed by atoms with E-state index in [1.807, 2.05) is 0 Å². The first-order chi connectivity index (χ1) is 12.0. The van der Waals surface area contributed by atoms with E-state index in [1.54, 1.807) is 0 Å². The second-order valence-corrected chi connectivity index (χ2v) is 8.97. The minimum absolute atomic E-state index is 0.0910. The molecule has 1 saturated carbocycles. The Morgan fingerprint density at radius 3 is 2.44 bits per heavy atom. The lowest BCUT2D eigenvalue weighted by atomic mass is 9.93. The summed E-state index contributed by atoms with van der Waals surface area (Å²) in [7, 11) is -3.78. The number of sulfonamides is 1. The van der Waals surface area contributed by atoms with Gasteiger partial charge in [-0.2, -0.15) is 4.31 Å². The first-order valence-corrected chi connectivity index (χ1v) is 10.4. The molecule has 0 spiro atoms. The highest BCUT2D eigenvalue weighted by atomic mass is 32.2. The van der Waals surface area contributed by atoms with Crippen LogP contribution in [0.15, 0.2) is 29.2 Å². The zero-order valence-electron chi connectivity index (χ0n) is 14.3. The molecule has 0 atom stereocenters. The topological polar surface area (TPSA) is 66.5 Å². The van der Waals surface area contributed by atoms with E-state index in [0.29, 0.717) is 44.2 Å². The number of carbonyl (C=O) groups excluding carboxylic acids is 1. The maximum absolute atomic E-state index is 13.8. The van der Waals surface area contributed by atoms with Gasteiger partial charge in [-0.15, -0.1) is 0 Å². The van der Waals surface area contributed by atoms with Crippen molar-refractivity contribution in [1.29, 1.82) is 0 Å². The van der Waals surface area contributed by atoms with Crippen LogP contribution in [-0.4, -0.2) is 38.3 Å². The summed E-state index contributed by atoms with van der Waals surface area (Å²) < 4.78 is 40.3. The van der Waals surface area contributed by atoms with Crippen LogP contribution in [0, 0.1) is 17.7 Å². The van der Waals surface area contributed by atoms with Crippen molar-refractivity contribution < 1.29 is 17.6 Å². The summed E-state index contributed by atoms with van der Waals surface area (Å²) in [6.45, 7) is 1.55. The molecule has 3 rings (SSSR count). The van der Waals surface area contributed by atoms with Crippen LogP contribution in [0.4, 0.5) is 4.39 Å². The fourth-order valence-electron chi connectivity index (χ4n) is 3.24. The smallest absolute Gasteiger partial charge is 0.245 e. The van der Waals surface area contributed by atoms with E-state index < -0.39 is 15.8 Å². The average Bonchev–Trinajstić information content (AvgIpc) is 3.43. The van der Waals surface area contributed by atoms with Gasteiger partial charge >= 0.3 is 0 Å². The highest BCUT2D eigenvalue weighted by Crippen LogP contribution is 2.28. The van der Waals surface area contributed by atoms with E-state index in [1.165, 1.54) is 41.4 Å². The first-order valence-electron chi connectivity index (χ1n) is 8.98. The molecule has 25 heavy (non-hydrogen) atoms. The second kappa shape index (κ2) is 7.83. The predicted molar refractivity (Wildman–Crippen MR) is 92.9 cm³/mol. The SMILES string of the molecule is O=C(CCC1CCN(S(=O)(=O)c2ccccc2F)CC1)NCC1CC1. The normalized spacial score (nSPS) is 19.7. The molecule has 5 nitrogen and oxygen atoms in total. The van der Waals surface area contributed by atoms with Gasteiger partial charge in [0.25, 0.3) is 0 Å². The third-order valence-electron chi connectivity index (χ3n) is 5.09. The molecule has 0 aromatic heterocycles. The fourth-order valence-corrected chi connectivity index (χ4v) is 4.77. The molecule has 2 aliphatic rings. The van der Waals surface area contributed by atoms with Crippen LogP contribution < -0.4 is 5.32 Å². The molecule has 138 valence electrons. The van der Waals surface area contributed by atoms with Gasteiger partial charge in [0.15, 0.2) is 0 Å². The monoisotopic (exact) mass is 368 g/mol. The highest BCUT2D eigenvalue weighted by Gasteiger charge is 2.31. The average molecular weight is 368 g/mol. The Hall–Kier alpha value is -1.47. The quantitative estimate of drug-likeness (QED) is 0.804. The summed E-state index contributed by atoms with van der Waals surface area (Å²) in [5.74, 6) is 0.403. The summed E-state index contributed by atoms with van der Waals surface area (Å²) in [5, 5.41) is 2.96. The summed E-state index contributed by atoms with van der Waals surface area (Å²) in [6, 6.07) is 5.48. The molecule has 7 heteroatoms. The number of nitrogens with one attached hydrogen (secondary N) is 1. The molecule has 0 unspecified atom stereocenters. The summed E-state index contributed by atoms with van der Waals surface area (Å²) in [5.41, 5.74) is 0. The molecule has 1 aromatic rings. The van der Waals surface area contributed by atoms with Crippen LogP contribution in [0.3, 0.4) is 0 Å². The predicted octanol–water partition coefficient (Wildman–Crippen LogP) is 2.53. The molecule has 1 aliphatic heterocycles. The molecule has 1 saturated heterocycles. The van der Waals surface area contributed by atoms with E-state index in [4.69, 9.17) is 0 Å². The summed E-state index contributed by atoms with van der Waals surface area (Å²) >= 11 is 0. The van der Waals surface area contributed by atoms with Gasteiger partial charge in [0, 0.05) is 26.1 Å². The van der Waals surface area contributed by atoms with Crippen molar-refractivity contribution in [3.63, 3.8) is 0 Å². The van der Waals surface area contributed by atoms with Gasteiger partial charge in [0.1, 0.15) is 10.7 Å². The minimum atomic E-state index is -3.78. The van der Waals surface area contributed by atoms with Gasteiger partial charge in [-0.05, 0) is 56.1 Å². The summed E-state index contributed by atoms with van der Waals surface area (Å²) in [6.07, 6.45) is 5.14. The van der Waals surface area contributed by atoms with Crippen molar-refractivity contribution in [3.05, 3.63) is 30.1 Å². The third-order valence-corrected chi connectivity index (χ3v) is 7.02. The molecule has 2 fully saturated rings. The number of piperidine rings is 1. The zero-order chi connectivity index (χ0) is 17.9. The number of hydrogen-bond donors (Lipinski definition) is 1. The van der Waals surface area contributed by atoms with Crippen LogP contribution in [0.25, 0.3) is 0 Å². The highest BCUT2D eigenvalue weighted by molar-refractivity contribution is 7.89. The molecule has 1 heterocycles. The van der Waals surface area contributed by atoms with Crippen molar-refractivity contribution in [2.45, 2.75) is 43.4 Å². The van der Waals surface area contributed by atoms with Crippen LogP contribution in [-0.2, 0) is 14.8 Å². The van der Waals surface area contributed by atoms with Crippen LogP contribution >= 0.6 is 0 Å². The van der Waals surface area contributed by atoms with Crippen molar-refractivity contribution in [1.82, 2.24) is 9.62 Å². The lowest BCUT2D eigenvalue weighted by Crippen LogP contribution is -2.39. The number of rotatable bonds is 7. The van der Waals surface area contributed by atoms with Crippen LogP contribution in [0.5, 0.6) is 0 Å². The Kier molecular flexibility index (Phi) is 5.74. The van der Waals surface area contributed by atoms with E-state index in [9.17, 15) is 17.6 Å². The largest absolute Gasteiger partial charge is 0.356 e. The molecule has 1 amide bonds. The number of carbonyl (C=O) groups is 1. The van der Waals surface area contributed by atoms with Crippen molar-refractivity contribution in [2.75, 3.05) is 19.6 Å². The van der Waals surface area contributed by atoms with E-state index in [0.717, 1.165) is 13.0 Å². The van der Waals surface area contributed by atoms with Crippen molar-refractivity contribution >= 4 is 15.9 Å². The zero-order valence-corrected chi connectivity index (χ0v) is 15.1. The minimum Gasteiger partial charge on any atom is -0.356 e. The van der Waals surface area contributed by atoms with Gasteiger partial charge in [-0.1, -0.05) is 12.1 Å². The Bertz CT molecular complexity index is 711. The van der Waals surface area contributed by atoms with Crippen LogP contribution in [0.1, 0.15) is 38.5 Å². The second-order valence-electron chi connectivity index (χ2n) is 7.06.